The maximum atomic E-state index is 4.18. The highest BCUT2D eigenvalue weighted by Crippen LogP contribution is 2.34. The van der Waals surface area contributed by atoms with Gasteiger partial charge in [-0.25, -0.2) is 0 Å². The highest BCUT2D eigenvalue weighted by Gasteiger charge is 2.10. The molecule has 4 rings (SSSR count). The Morgan fingerprint density at radius 2 is 1.21 bits per heavy atom. The lowest BCUT2D eigenvalue weighted by Gasteiger charge is -2.02. The fourth-order valence-corrected chi connectivity index (χ4v) is 2.99. The largest absolute Gasteiger partial charge is 0.197 e. The standard InChI is InChI=1S/C12H8N6S/c1-3-7-11(15-17-13-7)9(5-1)19-10-6-2-4-8-12(10)16-18-14-8/h1-6H,(H,13,15,17)(H,14,16,18). The van der Waals surface area contributed by atoms with E-state index in [0.717, 1.165) is 31.9 Å². The summed E-state index contributed by atoms with van der Waals surface area (Å²) in [7, 11) is 0. The highest BCUT2D eigenvalue weighted by molar-refractivity contribution is 7.99. The van der Waals surface area contributed by atoms with E-state index in [2.05, 4.69) is 30.8 Å². The molecule has 2 N–H and O–H groups in total. The van der Waals surface area contributed by atoms with E-state index in [1.807, 2.05) is 36.4 Å². The minimum Gasteiger partial charge on any atom is -0.197 e. The molecular formula is C12H8N6S. The van der Waals surface area contributed by atoms with Gasteiger partial charge in [-0.15, -0.1) is 0 Å². The van der Waals surface area contributed by atoms with E-state index in [4.69, 9.17) is 0 Å². The van der Waals surface area contributed by atoms with Crippen LogP contribution in [0.25, 0.3) is 22.1 Å². The number of hydrogen-bond acceptors (Lipinski definition) is 5. The molecule has 92 valence electrons. The summed E-state index contributed by atoms with van der Waals surface area (Å²) in [6, 6.07) is 11.8. The molecule has 6 nitrogen and oxygen atoms in total. The third kappa shape index (κ3) is 1.66. The number of nitrogens with one attached hydrogen (secondary N) is 2. The number of rotatable bonds is 2. The lowest BCUT2D eigenvalue weighted by Crippen LogP contribution is -1.80. The van der Waals surface area contributed by atoms with Gasteiger partial charge in [0.25, 0.3) is 0 Å². The van der Waals surface area contributed by atoms with E-state index in [1.54, 1.807) is 11.8 Å². The first kappa shape index (κ1) is 10.5. The van der Waals surface area contributed by atoms with E-state index in [9.17, 15) is 0 Å². The van der Waals surface area contributed by atoms with Gasteiger partial charge in [-0.05, 0) is 24.3 Å². The second-order valence-electron chi connectivity index (χ2n) is 4.00. The van der Waals surface area contributed by atoms with E-state index < -0.39 is 0 Å². The molecule has 0 unspecified atom stereocenters. The zero-order chi connectivity index (χ0) is 12.7. The molecule has 4 aromatic rings. The van der Waals surface area contributed by atoms with Gasteiger partial charge in [-0.3, -0.25) is 0 Å². The van der Waals surface area contributed by atoms with Gasteiger partial charge in [0.1, 0.15) is 22.1 Å². The summed E-state index contributed by atoms with van der Waals surface area (Å²) >= 11 is 1.61. The molecule has 19 heavy (non-hydrogen) atoms. The molecule has 0 amide bonds. The van der Waals surface area contributed by atoms with Crippen LogP contribution >= 0.6 is 11.8 Å². The molecule has 2 aromatic carbocycles. The Morgan fingerprint density at radius 1 is 0.684 bits per heavy atom. The summed E-state index contributed by atoms with van der Waals surface area (Å²) in [6.07, 6.45) is 0. The van der Waals surface area contributed by atoms with Gasteiger partial charge in [0.2, 0.25) is 0 Å². The van der Waals surface area contributed by atoms with Gasteiger partial charge in [0.05, 0.1) is 0 Å². The number of H-pyrrole nitrogens is 2. The number of hydrogen-bond donors (Lipinski definition) is 2. The number of para-hydroxylation sites is 2. The van der Waals surface area contributed by atoms with E-state index >= 15 is 0 Å². The number of aromatic nitrogens is 6. The van der Waals surface area contributed by atoms with Crippen LogP contribution in [-0.4, -0.2) is 30.8 Å². The Balaban J connectivity index is 1.86. The van der Waals surface area contributed by atoms with Crippen molar-refractivity contribution in [2.75, 3.05) is 0 Å². The van der Waals surface area contributed by atoms with Gasteiger partial charge >= 0.3 is 0 Å². The van der Waals surface area contributed by atoms with Crippen molar-refractivity contribution in [2.45, 2.75) is 9.79 Å². The Hall–Kier alpha value is -2.41. The minimum absolute atomic E-state index is 0.859. The van der Waals surface area contributed by atoms with Crippen LogP contribution in [0, 0.1) is 0 Å². The van der Waals surface area contributed by atoms with Crippen LogP contribution in [0.5, 0.6) is 0 Å². The number of aromatic amines is 2. The van der Waals surface area contributed by atoms with Crippen LogP contribution in [0.4, 0.5) is 0 Å². The SMILES string of the molecule is c1cc(Sc2cccc3n[nH]nc23)c2n[nH]nc2c1. The van der Waals surface area contributed by atoms with E-state index in [0.29, 0.717) is 0 Å². The first-order valence-electron chi connectivity index (χ1n) is 5.69. The predicted molar refractivity (Wildman–Crippen MR) is 71.9 cm³/mol. The molecule has 0 aliphatic rings. The first-order chi connectivity index (χ1) is 9.42. The summed E-state index contributed by atoms with van der Waals surface area (Å²) in [5, 5.41) is 21.8. The van der Waals surface area contributed by atoms with Crippen LogP contribution in [0.1, 0.15) is 0 Å². The van der Waals surface area contributed by atoms with Crippen LogP contribution in [0.3, 0.4) is 0 Å². The van der Waals surface area contributed by atoms with Gasteiger partial charge in [-0.1, -0.05) is 23.9 Å². The van der Waals surface area contributed by atoms with Crippen LogP contribution in [0.15, 0.2) is 46.2 Å². The van der Waals surface area contributed by atoms with Crippen LogP contribution in [0.2, 0.25) is 0 Å². The molecule has 0 spiro atoms. The Morgan fingerprint density at radius 3 is 1.74 bits per heavy atom. The quantitative estimate of drug-likeness (QED) is 0.583. The highest BCUT2D eigenvalue weighted by atomic mass is 32.2. The zero-order valence-electron chi connectivity index (χ0n) is 9.66. The van der Waals surface area contributed by atoms with Gasteiger partial charge in [-0.2, -0.15) is 30.8 Å². The second-order valence-corrected chi connectivity index (χ2v) is 5.08. The Labute approximate surface area is 111 Å². The maximum Gasteiger partial charge on any atom is 0.126 e. The monoisotopic (exact) mass is 268 g/mol. The molecule has 0 aliphatic carbocycles. The first-order valence-corrected chi connectivity index (χ1v) is 6.50. The molecule has 2 heterocycles. The maximum absolute atomic E-state index is 4.18. The lowest BCUT2D eigenvalue weighted by atomic mass is 10.3. The predicted octanol–water partition coefficient (Wildman–Crippen LogP) is 2.38. The molecule has 0 saturated carbocycles. The van der Waals surface area contributed by atoms with Gasteiger partial charge in [0, 0.05) is 9.79 Å². The summed E-state index contributed by atoms with van der Waals surface area (Å²) in [4.78, 5) is 2.09. The van der Waals surface area contributed by atoms with Crippen molar-refractivity contribution in [2.24, 2.45) is 0 Å². The Bertz CT molecular complexity index is 793. The van der Waals surface area contributed by atoms with E-state index in [1.165, 1.54) is 0 Å². The number of fused-ring (bicyclic) bond motifs is 2. The summed E-state index contributed by atoms with van der Waals surface area (Å²) < 4.78 is 0. The molecule has 0 radical (unpaired) electrons. The van der Waals surface area contributed by atoms with Crippen molar-refractivity contribution in [3.05, 3.63) is 36.4 Å². The Kier molecular flexibility index (Phi) is 2.25. The third-order valence-electron chi connectivity index (χ3n) is 2.84. The average molecular weight is 268 g/mol. The van der Waals surface area contributed by atoms with Crippen molar-refractivity contribution in [3.8, 4) is 0 Å². The van der Waals surface area contributed by atoms with Crippen LogP contribution < -0.4 is 0 Å². The molecule has 0 fully saturated rings. The van der Waals surface area contributed by atoms with E-state index in [-0.39, 0.29) is 0 Å². The van der Waals surface area contributed by atoms with Crippen LogP contribution in [-0.2, 0) is 0 Å². The minimum atomic E-state index is 0.859. The fraction of sp³-hybridized carbons (Fsp3) is 0. The molecule has 0 atom stereocenters. The smallest absolute Gasteiger partial charge is 0.126 e. The molecule has 0 saturated heterocycles. The topological polar surface area (TPSA) is 83.1 Å². The second kappa shape index (κ2) is 4.06. The van der Waals surface area contributed by atoms with Crippen molar-refractivity contribution >= 4 is 33.8 Å². The summed E-state index contributed by atoms with van der Waals surface area (Å²) in [6.45, 7) is 0. The zero-order valence-corrected chi connectivity index (χ0v) is 10.5. The summed E-state index contributed by atoms with van der Waals surface area (Å²) in [5.74, 6) is 0. The van der Waals surface area contributed by atoms with Crippen molar-refractivity contribution < 1.29 is 0 Å². The van der Waals surface area contributed by atoms with Gasteiger partial charge in [0.15, 0.2) is 0 Å². The molecule has 2 aromatic heterocycles. The lowest BCUT2D eigenvalue weighted by molar-refractivity contribution is 0.956. The summed E-state index contributed by atoms with van der Waals surface area (Å²) in [5.41, 5.74) is 3.45. The number of nitrogens with zero attached hydrogens (tertiary/aromatic N) is 4. The van der Waals surface area contributed by atoms with Gasteiger partial charge < -0.3 is 0 Å². The number of benzene rings is 2. The normalized spacial score (nSPS) is 11.4. The molecule has 7 heteroatoms. The molecule has 0 bridgehead atoms. The fourth-order valence-electron chi connectivity index (χ4n) is 1.97. The molecule has 0 aliphatic heterocycles. The molecular weight excluding hydrogens is 260 g/mol. The van der Waals surface area contributed by atoms with Crippen molar-refractivity contribution in [3.63, 3.8) is 0 Å². The van der Waals surface area contributed by atoms with Crippen molar-refractivity contribution in [1.82, 2.24) is 30.8 Å². The third-order valence-corrected chi connectivity index (χ3v) is 3.94. The van der Waals surface area contributed by atoms with Crippen molar-refractivity contribution in [1.29, 1.82) is 0 Å². The average Bonchev–Trinajstić information content (AvgIpc) is 3.08.